The number of nitrogens with zero attached hydrogens (tertiary/aromatic N) is 1. The number of pyridine rings is 1. The second kappa shape index (κ2) is 5.24. The standard InChI is InChI=1S/C15H14N4O2/c1-9(14-16-6-7-17-14)19-15(21)11-8-18-12-5-3-2-4-10(12)13(11)20/h2-9H,1H3,(H,16,17)(H,18,20)(H,19,21). The van der Waals surface area contributed by atoms with Gasteiger partial charge in [0.1, 0.15) is 11.4 Å². The van der Waals surface area contributed by atoms with Gasteiger partial charge in [-0.3, -0.25) is 9.59 Å². The summed E-state index contributed by atoms with van der Waals surface area (Å²) < 4.78 is 0. The molecule has 0 aliphatic rings. The van der Waals surface area contributed by atoms with Gasteiger partial charge in [0.25, 0.3) is 5.91 Å². The second-order valence-electron chi connectivity index (χ2n) is 4.75. The lowest BCUT2D eigenvalue weighted by Crippen LogP contribution is -2.31. The number of hydrogen-bond acceptors (Lipinski definition) is 3. The van der Waals surface area contributed by atoms with Crippen molar-refractivity contribution in [3.63, 3.8) is 0 Å². The van der Waals surface area contributed by atoms with Crippen LogP contribution in [-0.4, -0.2) is 20.9 Å². The van der Waals surface area contributed by atoms with Crippen molar-refractivity contribution in [1.82, 2.24) is 20.3 Å². The third kappa shape index (κ3) is 2.43. The van der Waals surface area contributed by atoms with Crippen molar-refractivity contribution in [1.29, 1.82) is 0 Å². The molecule has 3 aromatic rings. The highest BCUT2D eigenvalue weighted by molar-refractivity contribution is 5.97. The van der Waals surface area contributed by atoms with Crippen molar-refractivity contribution in [2.24, 2.45) is 0 Å². The van der Waals surface area contributed by atoms with Gasteiger partial charge in [0.15, 0.2) is 0 Å². The first-order valence-corrected chi connectivity index (χ1v) is 6.57. The summed E-state index contributed by atoms with van der Waals surface area (Å²) in [5, 5.41) is 3.25. The molecule has 0 bridgehead atoms. The summed E-state index contributed by atoms with van der Waals surface area (Å²) in [6.07, 6.45) is 4.73. The number of fused-ring (bicyclic) bond motifs is 1. The van der Waals surface area contributed by atoms with Crippen LogP contribution in [0.3, 0.4) is 0 Å². The first-order valence-electron chi connectivity index (χ1n) is 6.57. The maximum absolute atomic E-state index is 12.3. The number of imidazole rings is 1. The highest BCUT2D eigenvalue weighted by Gasteiger charge is 2.16. The molecule has 0 aliphatic heterocycles. The molecule has 2 heterocycles. The molecule has 1 unspecified atom stereocenters. The third-order valence-corrected chi connectivity index (χ3v) is 3.31. The van der Waals surface area contributed by atoms with E-state index in [2.05, 4.69) is 20.3 Å². The van der Waals surface area contributed by atoms with Gasteiger partial charge >= 0.3 is 0 Å². The minimum atomic E-state index is -0.425. The molecule has 0 saturated heterocycles. The van der Waals surface area contributed by atoms with Gasteiger partial charge in [-0.2, -0.15) is 0 Å². The summed E-state index contributed by atoms with van der Waals surface area (Å²) in [5.74, 6) is 0.214. The Labute approximate surface area is 120 Å². The van der Waals surface area contributed by atoms with Crippen molar-refractivity contribution >= 4 is 16.8 Å². The van der Waals surface area contributed by atoms with Crippen LogP contribution < -0.4 is 10.7 Å². The van der Waals surface area contributed by atoms with Gasteiger partial charge in [-0.25, -0.2) is 4.98 Å². The first kappa shape index (κ1) is 13.1. The van der Waals surface area contributed by atoms with Crippen molar-refractivity contribution < 1.29 is 4.79 Å². The van der Waals surface area contributed by atoms with E-state index in [1.165, 1.54) is 6.20 Å². The van der Waals surface area contributed by atoms with E-state index in [1.807, 2.05) is 6.07 Å². The van der Waals surface area contributed by atoms with Crippen molar-refractivity contribution in [2.45, 2.75) is 13.0 Å². The molecule has 1 amide bonds. The zero-order valence-corrected chi connectivity index (χ0v) is 11.4. The number of amides is 1. The fraction of sp³-hybridized carbons (Fsp3) is 0.133. The maximum Gasteiger partial charge on any atom is 0.257 e. The Kier molecular flexibility index (Phi) is 3.27. The predicted molar refractivity (Wildman–Crippen MR) is 79.0 cm³/mol. The van der Waals surface area contributed by atoms with E-state index < -0.39 is 5.91 Å². The maximum atomic E-state index is 12.3. The Morgan fingerprint density at radius 2 is 2.10 bits per heavy atom. The summed E-state index contributed by atoms with van der Waals surface area (Å²) in [7, 11) is 0. The molecule has 1 atom stereocenters. The van der Waals surface area contributed by atoms with E-state index >= 15 is 0 Å². The quantitative estimate of drug-likeness (QED) is 0.683. The fourth-order valence-corrected chi connectivity index (χ4v) is 2.19. The number of rotatable bonds is 3. The van der Waals surface area contributed by atoms with Crippen LogP contribution in [0.2, 0.25) is 0 Å². The molecule has 21 heavy (non-hydrogen) atoms. The summed E-state index contributed by atoms with van der Waals surface area (Å²) in [5.41, 5.74) is 0.513. The van der Waals surface area contributed by atoms with Gasteiger partial charge < -0.3 is 15.3 Å². The highest BCUT2D eigenvalue weighted by atomic mass is 16.2. The molecule has 3 rings (SSSR count). The van der Waals surface area contributed by atoms with Crippen LogP contribution >= 0.6 is 0 Å². The van der Waals surface area contributed by atoms with Gasteiger partial charge in [0.05, 0.1) is 6.04 Å². The number of aromatic amines is 2. The number of hydrogen-bond donors (Lipinski definition) is 3. The average molecular weight is 282 g/mol. The van der Waals surface area contributed by atoms with Crippen LogP contribution in [0.4, 0.5) is 0 Å². The molecule has 0 radical (unpaired) electrons. The van der Waals surface area contributed by atoms with E-state index in [0.29, 0.717) is 16.7 Å². The summed E-state index contributed by atoms with van der Waals surface area (Å²) in [4.78, 5) is 34.5. The number of carbonyl (C=O) groups is 1. The molecule has 106 valence electrons. The Bertz CT molecular complexity index is 836. The molecular formula is C15H14N4O2. The Morgan fingerprint density at radius 1 is 1.29 bits per heavy atom. The van der Waals surface area contributed by atoms with E-state index in [1.54, 1.807) is 37.5 Å². The summed E-state index contributed by atoms with van der Waals surface area (Å²) >= 11 is 0. The van der Waals surface area contributed by atoms with Gasteiger partial charge in [-0.05, 0) is 19.1 Å². The number of para-hydroxylation sites is 1. The molecule has 0 fully saturated rings. The average Bonchev–Trinajstić information content (AvgIpc) is 3.02. The van der Waals surface area contributed by atoms with Gasteiger partial charge in [0, 0.05) is 29.5 Å². The van der Waals surface area contributed by atoms with E-state index in [4.69, 9.17) is 0 Å². The Hall–Kier alpha value is -2.89. The molecule has 1 aromatic carbocycles. The largest absolute Gasteiger partial charge is 0.360 e. The number of nitrogens with one attached hydrogen (secondary N) is 3. The molecule has 6 nitrogen and oxygen atoms in total. The Morgan fingerprint density at radius 3 is 2.86 bits per heavy atom. The molecule has 6 heteroatoms. The zero-order chi connectivity index (χ0) is 14.8. The number of carbonyl (C=O) groups excluding carboxylic acids is 1. The van der Waals surface area contributed by atoms with Crippen LogP contribution in [0.5, 0.6) is 0 Å². The van der Waals surface area contributed by atoms with Crippen LogP contribution in [0.15, 0.2) is 47.7 Å². The highest BCUT2D eigenvalue weighted by Crippen LogP contribution is 2.09. The molecule has 0 saturated carbocycles. The van der Waals surface area contributed by atoms with Gasteiger partial charge in [-0.1, -0.05) is 12.1 Å². The van der Waals surface area contributed by atoms with E-state index in [0.717, 1.165) is 0 Å². The van der Waals surface area contributed by atoms with Gasteiger partial charge in [0.2, 0.25) is 5.43 Å². The van der Waals surface area contributed by atoms with Crippen molar-refractivity contribution in [2.75, 3.05) is 0 Å². The van der Waals surface area contributed by atoms with Crippen LogP contribution in [0.1, 0.15) is 29.1 Å². The lowest BCUT2D eigenvalue weighted by atomic mass is 10.1. The number of aromatic nitrogens is 3. The zero-order valence-electron chi connectivity index (χ0n) is 11.4. The lowest BCUT2D eigenvalue weighted by Gasteiger charge is -2.11. The SMILES string of the molecule is CC(NC(=O)c1c[nH]c2ccccc2c1=O)c1ncc[nH]1. The normalized spacial score (nSPS) is 12.2. The fourth-order valence-electron chi connectivity index (χ4n) is 2.19. The minimum absolute atomic E-state index is 0.0899. The number of H-pyrrole nitrogens is 2. The third-order valence-electron chi connectivity index (χ3n) is 3.31. The van der Waals surface area contributed by atoms with Crippen LogP contribution in [0.25, 0.3) is 10.9 Å². The van der Waals surface area contributed by atoms with E-state index in [9.17, 15) is 9.59 Å². The smallest absolute Gasteiger partial charge is 0.257 e. The Balaban J connectivity index is 1.92. The molecule has 0 aliphatic carbocycles. The topological polar surface area (TPSA) is 90.6 Å². The van der Waals surface area contributed by atoms with Crippen LogP contribution in [0, 0.1) is 0 Å². The van der Waals surface area contributed by atoms with Gasteiger partial charge in [-0.15, -0.1) is 0 Å². The minimum Gasteiger partial charge on any atom is -0.360 e. The van der Waals surface area contributed by atoms with Crippen molar-refractivity contribution in [3.8, 4) is 0 Å². The van der Waals surface area contributed by atoms with Crippen LogP contribution in [-0.2, 0) is 0 Å². The lowest BCUT2D eigenvalue weighted by molar-refractivity contribution is 0.0937. The molecular weight excluding hydrogens is 268 g/mol. The monoisotopic (exact) mass is 282 g/mol. The molecule has 0 spiro atoms. The van der Waals surface area contributed by atoms with Crippen molar-refractivity contribution in [3.05, 3.63) is 64.5 Å². The number of benzene rings is 1. The summed E-state index contributed by atoms with van der Waals surface area (Å²) in [6, 6.07) is 6.78. The molecule has 3 N–H and O–H groups in total. The molecule has 2 aromatic heterocycles. The first-order chi connectivity index (χ1) is 10.2. The predicted octanol–water partition coefficient (Wildman–Crippen LogP) is 1.74. The summed E-state index contributed by atoms with van der Waals surface area (Å²) in [6.45, 7) is 1.80. The van der Waals surface area contributed by atoms with E-state index in [-0.39, 0.29) is 17.0 Å². The second-order valence-corrected chi connectivity index (χ2v) is 4.75.